The van der Waals surface area contributed by atoms with Crippen molar-refractivity contribution < 1.29 is 40.9 Å². The van der Waals surface area contributed by atoms with Crippen molar-refractivity contribution in [1.29, 1.82) is 0 Å². The molecule has 0 saturated heterocycles. The largest absolute Gasteiger partial charge is 0.393 e. The van der Waals surface area contributed by atoms with E-state index < -0.39 is 37.0 Å². The van der Waals surface area contributed by atoms with Gasteiger partial charge in [0.05, 0.1) is 13.2 Å². The molecular formula is C6H14O8. The summed E-state index contributed by atoms with van der Waals surface area (Å²) in [6, 6.07) is 0. The van der Waals surface area contributed by atoms with Gasteiger partial charge in [0, 0.05) is 0 Å². The van der Waals surface area contributed by atoms with Crippen LogP contribution >= 0.6 is 0 Å². The van der Waals surface area contributed by atoms with E-state index in [0.717, 1.165) is 0 Å². The number of aliphatic hydroxyl groups is 8. The van der Waals surface area contributed by atoms with Gasteiger partial charge in [-0.3, -0.25) is 0 Å². The first-order valence-corrected chi connectivity index (χ1v) is 3.69. The second-order valence-electron chi connectivity index (χ2n) is 2.85. The highest BCUT2D eigenvalue weighted by Crippen LogP contribution is 2.24. The summed E-state index contributed by atoms with van der Waals surface area (Å²) in [6.07, 6.45) is -4.61. The standard InChI is InChI=1S/C6H14O8/c7-1-3(9)5(11,12)6(13,14)4(10)2-8/h3-4,7-14H,1-2H2/t3-,4+. The minimum atomic E-state index is -3.57. The Morgan fingerprint density at radius 3 is 1.07 bits per heavy atom. The van der Waals surface area contributed by atoms with Crippen molar-refractivity contribution in [2.24, 2.45) is 0 Å². The van der Waals surface area contributed by atoms with E-state index in [9.17, 15) is 0 Å². The first-order chi connectivity index (χ1) is 6.21. The second kappa shape index (κ2) is 4.47. The molecule has 0 fully saturated rings. The van der Waals surface area contributed by atoms with Gasteiger partial charge in [-0.15, -0.1) is 0 Å². The SMILES string of the molecule is OC[C@@H](O)C(O)(O)C(O)(O)[C@@H](O)CO. The topological polar surface area (TPSA) is 162 Å². The molecule has 86 valence electrons. The monoisotopic (exact) mass is 214 g/mol. The third-order valence-corrected chi connectivity index (χ3v) is 1.82. The fraction of sp³-hybridized carbons (Fsp3) is 1.00. The van der Waals surface area contributed by atoms with Crippen LogP contribution in [0.2, 0.25) is 0 Å². The minimum Gasteiger partial charge on any atom is -0.393 e. The van der Waals surface area contributed by atoms with Gasteiger partial charge >= 0.3 is 0 Å². The third-order valence-electron chi connectivity index (χ3n) is 1.82. The van der Waals surface area contributed by atoms with Crippen LogP contribution in [0.25, 0.3) is 0 Å². The van der Waals surface area contributed by atoms with Crippen LogP contribution in [0.3, 0.4) is 0 Å². The van der Waals surface area contributed by atoms with Crippen molar-refractivity contribution in [3.05, 3.63) is 0 Å². The Labute approximate surface area is 78.9 Å². The number of aliphatic hydroxyl groups excluding tert-OH is 4. The van der Waals surface area contributed by atoms with Crippen LogP contribution in [0.5, 0.6) is 0 Å². The fourth-order valence-corrected chi connectivity index (χ4v) is 0.745. The van der Waals surface area contributed by atoms with Crippen LogP contribution < -0.4 is 0 Å². The van der Waals surface area contributed by atoms with Crippen LogP contribution in [-0.2, 0) is 0 Å². The molecule has 0 aromatic rings. The Morgan fingerprint density at radius 1 is 0.714 bits per heavy atom. The van der Waals surface area contributed by atoms with E-state index in [2.05, 4.69) is 0 Å². The summed E-state index contributed by atoms with van der Waals surface area (Å²) in [5.41, 5.74) is 0. The average Bonchev–Trinajstić information content (AvgIpc) is 2.14. The van der Waals surface area contributed by atoms with E-state index in [1.165, 1.54) is 0 Å². The van der Waals surface area contributed by atoms with E-state index in [4.69, 9.17) is 40.9 Å². The molecule has 0 rings (SSSR count). The van der Waals surface area contributed by atoms with Crippen LogP contribution in [-0.4, -0.2) is 77.8 Å². The predicted molar refractivity (Wildman–Crippen MR) is 40.5 cm³/mol. The summed E-state index contributed by atoms with van der Waals surface area (Å²) in [5, 5.41) is 70.3. The lowest BCUT2D eigenvalue weighted by Gasteiger charge is -2.39. The smallest absolute Gasteiger partial charge is 0.250 e. The van der Waals surface area contributed by atoms with Crippen molar-refractivity contribution in [2.45, 2.75) is 23.8 Å². The third kappa shape index (κ3) is 2.19. The molecule has 0 unspecified atom stereocenters. The zero-order chi connectivity index (χ0) is 11.6. The van der Waals surface area contributed by atoms with Crippen LogP contribution in [0.15, 0.2) is 0 Å². The molecule has 0 amide bonds. The molecule has 0 aromatic heterocycles. The molecule has 8 nitrogen and oxygen atoms in total. The second-order valence-corrected chi connectivity index (χ2v) is 2.85. The summed E-state index contributed by atoms with van der Waals surface area (Å²) in [6.45, 7) is -2.35. The zero-order valence-corrected chi connectivity index (χ0v) is 7.15. The van der Waals surface area contributed by atoms with E-state index in [1.807, 2.05) is 0 Å². The van der Waals surface area contributed by atoms with Crippen LogP contribution in [0.4, 0.5) is 0 Å². The molecular weight excluding hydrogens is 200 g/mol. The van der Waals surface area contributed by atoms with Crippen molar-refractivity contribution in [3.8, 4) is 0 Å². The van der Waals surface area contributed by atoms with Gasteiger partial charge in [-0.1, -0.05) is 0 Å². The first kappa shape index (κ1) is 13.7. The molecule has 0 aliphatic carbocycles. The molecule has 0 aliphatic rings. The Kier molecular flexibility index (Phi) is 4.36. The van der Waals surface area contributed by atoms with Gasteiger partial charge < -0.3 is 40.9 Å². The van der Waals surface area contributed by atoms with Crippen molar-refractivity contribution in [3.63, 3.8) is 0 Å². The molecule has 0 bridgehead atoms. The summed E-state index contributed by atoms with van der Waals surface area (Å²) in [4.78, 5) is 0. The highest BCUT2D eigenvalue weighted by Gasteiger charge is 2.56. The normalized spacial score (nSPS) is 18.0. The lowest BCUT2D eigenvalue weighted by Crippen LogP contribution is -2.68. The average molecular weight is 214 g/mol. The summed E-state index contributed by atoms with van der Waals surface area (Å²) < 4.78 is 0. The molecule has 0 saturated carbocycles. The van der Waals surface area contributed by atoms with E-state index >= 15 is 0 Å². The predicted octanol–water partition coefficient (Wildman–Crippen LogP) is -4.95. The highest BCUT2D eigenvalue weighted by atomic mass is 16.6. The molecule has 0 aromatic carbocycles. The van der Waals surface area contributed by atoms with Gasteiger partial charge in [-0.2, -0.15) is 0 Å². The maximum absolute atomic E-state index is 8.99. The lowest BCUT2D eigenvalue weighted by atomic mass is 9.95. The van der Waals surface area contributed by atoms with Crippen LogP contribution in [0, 0.1) is 0 Å². The van der Waals surface area contributed by atoms with Gasteiger partial charge in [-0.25, -0.2) is 0 Å². The number of hydrogen-bond donors (Lipinski definition) is 8. The van der Waals surface area contributed by atoms with Gasteiger partial charge in [0.15, 0.2) is 0 Å². The van der Waals surface area contributed by atoms with Crippen molar-refractivity contribution in [1.82, 2.24) is 0 Å². The number of rotatable bonds is 5. The maximum atomic E-state index is 8.99. The maximum Gasteiger partial charge on any atom is 0.250 e. The quantitative estimate of drug-likeness (QED) is 0.211. The van der Waals surface area contributed by atoms with Gasteiger partial charge in [0.2, 0.25) is 0 Å². The highest BCUT2D eigenvalue weighted by molar-refractivity contribution is 4.93. The summed E-state index contributed by atoms with van der Waals surface area (Å²) in [5.74, 6) is -7.13. The fourth-order valence-electron chi connectivity index (χ4n) is 0.745. The first-order valence-electron chi connectivity index (χ1n) is 3.69. The minimum absolute atomic E-state index is 1.17. The van der Waals surface area contributed by atoms with E-state index in [0.29, 0.717) is 0 Å². The molecule has 8 N–H and O–H groups in total. The lowest BCUT2D eigenvalue weighted by molar-refractivity contribution is -0.411. The Hall–Kier alpha value is -0.320. The zero-order valence-electron chi connectivity index (χ0n) is 7.15. The van der Waals surface area contributed by atoms with Gasteiger partial charge in [0.1, 0.15) is 12.2 Å². The van der Waals surface area contributed by atoms with Crippen molar-refractivity contribution >= 4 is 0 Å². The number of hydrogen-bond acceptors (Lipinski definition) is 8. The van der Waals surface area contributed by atoms with Crippen LogP contribution in [0.1, 0.15) is 0 Å². The van der Waals surface area contributed by atoms with Gasteiger partial charge in [0.25, 0.3) is 11.6 Å². The molecule has 0 heterocycles. The molecule has 0 radical (unpaired) electrons. The molecule has 0 spiro atoms. The Bertz CT molecular complexity index is 159. The summed E-state index contributed by atoms with van der Waals surface area (Å²) in [7, 11) is 0. The van der Waals surface area contributed by atoms with Crippen molar-refractivity contribution in [2.75, 3.05) is 13.2 Å². The molecule has 14 heavy (non-hydrogen) atoms. The Morgan fingerprint density at radius 2 is 0.929 bits per heavy atom. The van der Waals surface area contributed by atoms with Gasteiger partial charge in [-0.05, 0) is 0 Å². The molecule has 0 aliphatic heterocycles. The van der Waals surface area contributed by atoms with E-state index in [1.54, 1.807) is 0 Å². The molecule has 2 atom stereocenters. The Balaban J connectivity index is 4.85. The summed E-state index contributed by atoms with van der Waals surface area (Å²) >= 11 is 0. The molecule has 8 heteroatoms. The van der Waals surface area contributed by atoms with E-state index in [-0.39, 0.29) is 0 Å².